The quantitative estimate of drug-likeness (QED) is 0.761. The van der Waals surface area contributed by atoms with Crippen molar-refractivity contribution in [2.24, 2.45) is 5.92 Å². The molecule has 0 saturated carbocycles. The van der Waals surface area contributed by atoms with Gasteiger partial charge in [0.1, 0.15) is 0 Å². The molecule has 0 unspecified atom stereocenters. The number of hydrogen-bond donors (Lipinski definition) is 2. The molecule has 8 nitrogen and oxygen atoms in total. The van der Waals surface area contributed by atoms with Crippen LogP contribution in [0.3, 0.4) is 0 Å². The van der Waals surface area contributed by atoms with Gasteiger partial charge in [-0.25, -0.2) is 0 Å². The lowest BCUT2D eigenvalue weighted by Crippen LogP contribution is -2.45. The number of nitrogens with one attached hydrogen (secondary N) is 1. The summed E-state index contributed by atoms with van der Waals surface area (Å²) in [4.78, 5) is 50.8. The van der Waals surface area contributed by atoms with Crippen molar-refractivity contribution in [3.05, 3.63) is 35.4 Å². The Kier molecular flexibility index (Phi) is 7.14. The average Bonchev–Trinajstić information content (AvgIpc) is 2.66. The van der Waals surface area contributed by atoms with E-state index >= 15 is 0 Å². The van der Waals surface area contributed by atoms with E-state index < -0.39 is 11.9 Å². The van der Waals surface area contributed by atoms with Crippen LogP contribution in [-0.4, -0.2) is 71.3 Å². The molecule has 1 aromatic rings. The number of carbonyl (C=O) groups is 4. The van der Waals surface area contributed by atoms with Crippen LogP contribution in [0.2, 0.25) is 0 Å². The minimum Gasteiger partial charge on any atom is -0.481 e. The minimum absolute atomic E-state index is 0.0199. The summed E-state index contributed by atoms with van der Waals surface area (Å²) in [7, 11) is 1.55. The van der Waals surface area contributed by atoms with Crippen molar-refractivity contribution >= 4 is 23.7 Å². The summed E-state index contributed by atoms with van der Waals surface area (Å²) in [5.41, 5.74) is 0.853. The number of nitrogens with zero attached hydrogens (tertiary/aromatic N) is 2. The van der Waals surface area contributed by atoms with Gasteiger partial charge in [0.15, 0.2) is 0 Å². The molecular formula is C20H27N3O5. The van der Waals surface area contributed by atoms with Crippen molar-refractivity contribution < 1.29 is 24.3 Å². The fourth-order valence-corrected chi connectivity index (χ4v) is 3.08. The third-order valence-electron chi connectivity index (χ3n) is 4.73. The Labute approximate surface area is 164 Å². The number of likely N-dealkylation sites (N-methyl/N-ethyl adjacent to an activating group) is 1. The highest BCUT2D eigenvalue weighted by atomic mass is 16.4. The van der Waals surface area contributed by atoms with Crippen molar-refractivity contribution in [1.82, 2.24) is 15.1 Å². The summed E-state index contributed by atoms with van der Waals surface area (Å²) >= 11 is 0. The van der Waals surface area contributed by atoms with Gasteiger partial charge in [-0.1, -0.05) is 0 Å². The summed E-state index contributed by atoms with van der Waals surface area (Å²) in [5.74, 6) is -1.96. The van der Waals surface area contributed by atoms with Crippen LogP contribution in [0.15, 0.2) is 24.3 Å². The summed E-state index contributed by atoms with van der Waals surface area (Å²) in [6, 6.07) is 6.31. The summed E-state index contributed by atoms with van der Waals surface area (Å²) < 4.78 is 0. The Morgan fingerprint density at radius 2 is 1.64 bits per heavy atom. The van der Waals surface area contributed by atoms with Crippen LogP contribution >= 0.6 is 0 Å². The zero-order valence-electron chi connectivity index (χ0n) is 16.5. The Balaban J connectivity index is 1.91. The molecule has 28 heavy (non-hydrogen) atoms. The minimum atomic E-state index is -0.829. The molecule has 8 heteroatoms. The number of carboxylic acid groups (broad SMARTS) is 1. The monoisotopic (exact) mass is 389 g/mol. The molecule has 1 aromatic carbocycles. The van der Waals surface area contributed by atoms with Crippen LogP contribution in [-0.2, 0) is 9.59 Å². The molecular weight excluding hydrogens is 362 g/mol. The SMILES string of the molecule is CC(C)NC(=O)c1ccc(C(=O)N(C)CC(=O)N2CCC(C(=O)O)CC2)cc1. The van der Waals surface area contributed by atoms with Gasteiger partial charge in [-0.05, 0) is 51.0 Å². The smallest absolute Gasteiger partial charge is 0.306 e. The van der Waals surface area contributed by atoms with Crippen LogP contribution in [0.5, 0.6) is 0 Å². The number of rotatable bonds is 6. The van der Waals surface area contributed by atoms with Crippen LogP contribution in [0, 0.1) is 5.92 Å². The van der Waals surface area contributed by atoms with Gasteiger partial charge >= 0.3 is 5.97 Å². The van der Waals surface area contributed by atoms with Crippen LogP contribution in [0.4, 0.5) is 0 Å². The lowest BCUT2D eigenvalue weighted by Gasteiger charge is -2.31. The lowest BCUT2D eigenvalue weighted by atomic mass is 9.97. The molecule has 0 atom stereocenters. The zero-order valence-corrected chi connectivity index (χ0v) is 16.5. The van der Waals surface area contributed by atoms with Crippen LogP contribution in [0.25, 0.3) is 0 Å². The molecule has 1 fully saturated rings. The van der Waals surface area contributed by atoms with Gasteiger partial charge in [0.05, 0.1) is 12.5 Å². The number of likely N-dealkylation sites (tertiary alicyclic amines) is 1. The van der Waals surface area contributed by atoms with Crippen molar-refractivity contribution in [2.75, 3.05) is 26.7 Å². The Hall–Kier alpha value is -2.90. The molecule has 1 aliphatic rings. The van der Waals surface area contributed by atoms with Gasteiger partial charge in [-0.3, -0.25) is 19.2 Å². The maximum absolute atomic E-state index is 12.5. The topological polar surface area (TPSA) is 107 Å². The van der Waals surface area contributed by atoms with E-state index in [9.17, 15) is 19.2 Å². The van der Waals surface area contributed by atoms with Gasteiger partial charge in [0, 0.05) is 37.3 Å². The highest BCUT2D eigenvalue weighted by Crippen LogP contribution is 2.17. The molecule has 2 rings (SSSR count). The molecule has 2 N–H and O–H groups in total. The molecule has 0 bridgehead atoms. The molecule has 1 saturated heterocycles. The first-order chi connectivity index (χ1) is 13.2. The van der Waals surface area contributed by atoms with E-state index in [1.54, 1.807) is 36.2 Å². The van der Waals surface area contributed by atoms with Gasteiger partial charge in [-0.2, -0.15) is 0 Å². The zero-order chi connectivity index (χ0) is 20.8. The van der Waals surface area contributed by atoms with Crippen molar-refractivity contribution in [1.29, 1.82) is 0 Å². The Bertz CT molecular complexity index is 737. The van der Waals surface area contributed by atoms with Gasteiger partial charge in [0.25, 0.3) is 11.8 Å². The number of aliphatic carboxylic acids is 1. The third kappa shape index (κ3) is 5.55. The molecule has 1 aliphatic heterocycles. The summed E-state index contributed by atoms with van der Waals surface area (Å²) in [6.07, 6.45) is 0.858. The second-order valence-corrected chi connectivity index (χ2v) is 7.36. The van der Waals surface area contributed by atoms with Crippen molar-refractivity contribution in [2.45, 2.75) is 32.7 Å². The highest BCUT2D eigenvalue weighted by molar-refractivity contribution is 5.99. The highest BCUT2D eigenvalue weighted by Gasteiger charge is 2.28. The van der Waals surface area contributed by atoms with E-state index in [4.69, 9.17) is 5.11 Å². The normalized spacial score (nSPS) is 14.6. The predicted molar refractivity (Wildman–Crippen MR) is 103 cm³/mol. The standard InChI is InChI=1S/C20H27N3O5/c1-13(2)21-18(25)14-4-6-15(7-5-14)19(26)22(3)12-17(24)23-10-8-16(9-11-23)20(27)28/h4-7,13,16H,8-12H2,1-3H3,(H,21,25)(H,27,28). The van der Waals surface area contributed by atoms with Gasteiger partial charge in [-0.15, -0.1) is 0 Å². The second kappa shape index (κ2) is 9.34. The van der Waals surface area contributed by atoms with Crippen molar-refractivity contribution in [3.8, 4) is 0 Å². The molecule has 0 radical (unpaired) electrons. The first kappa shape index (κ1) is 21.4. The van der Waals surface area contributed by atoms with Crippen LogP contribution in [0.1, 0.15) is 47.4 Å². The third-order valence-corrected chi connectivity index (χ3v) is 4.73. The molecule has 152 valence electrons. The fraction of sp³-hybridized carbons (Fsp3) is 0.500. The molecule has 0 spiro atoms. The molecule has 3 amide bonds. The average molecular weight is 389 g/mol. The van der Waals surface area contributed by atoms with E-state index in [1.165, 1.54) is 4.90 Å². The number of hydrogen-bond acceptors (Lipinski definition) is 4. The Morgan fingerprint density at radius 3 is 2.14 bits per heavy atom. The van der Waals surface area contributed by atoms with E-state index in [-0.39, 0.29) is 30.3 Å². The van der Waals surface area contributed by atoms with Gasteiger partial charge < -0.3 is 20.2 Å². The molecule has 1 heterocycles. The number of carboxylic acids is 1. The lowest BCUT2D eigenvalue weighted by molar-refractivity contribution is -0.145. The maximum atomic E-state index is 12.5. The maximum Gasteiger partial charge on any atom is 0.306 e. The second-order valence-electron chi connectivity index (χ2n) is 7.36. The number of benzene rings is 1. The first-order valence-electron chi connectivity index (χ1n) is 9.36. The Morgan fingerprint density at radius 1 is 1.11 bits per heavy atom. The van der Waals surface area contributed by atoms with Crippen molar-refractivity contribution in [3.63, 3.8) is 0 Å². The predicted octanol–water partition coefficient (Wildman–Crippen LogP) is 1.22. The van der Waals surface area contributed by atoms with E-state index in [1.807, 2.05) is 13.8 Å². The van der Waals surface area contributed by atoms with Crippen LogP contribution < -0.4 is 5.32 Å². The summed E-state index contributed by atoms with van der Waals surface area (Å²) in [5, 5.41) is 11.8. The number of amides is 3. The summed E-state index contributed by atoms with van der Waals surface area (Å²) in [6.45, 7) is 4.43. The van der Waals surface area contributed by atoms with E-state index in [0.717, 1.165) is 0 Å². The van der Waals surface area contributed by atoms with E-state index in [2.05, 4.69) is 5.32 Å². The molecule has 0 aromatic heterocycles. The number of carbonyl (C=O) groups excluding carboxylic acids is 3. The largest absolute Gasteiger partial charge is 0.481 e. The first-order valence-corrected chi connectivity index (χ1v) is 9.36. The number of piperidine rings is 1. The molecule has 0 aliphatic carbocycles. The fourth-order valence-electron chi connectivity index (χ4n) is 3.08. The van der Waals surface area contributed by atoms with E-state index in [0.29, 0.717) is 37.1 Å². The van der Waals surface area contributed by atoms with Gasteiger partial charge in [0.2, 0.25) is 5.91 Å².